The van der Waals surface area contributed by atoms with E-state index in [1.165, 1.54) is 5.56 Å². The molecule has 1 unspecified atom stereocenters. The summed E-state index contributed by atoms with van der Waals surface area (Å²) in [4.78, 5) is 0. The molecule has 2 nitrogen and oxygen atoms in total. The number of aryl methyl sites for hydroxylation is 2. The quantitative estimate of drug-likeness (QED) is 0.811. The minimum absolute atomic E-state index is 0.166. The third-order valence-corrected chi connectivity index (χ3v) is 2.71. The zero-order valence-electron chi connectivity index (χ0n) is 9.03. The number of rotatable bonds is 2. The number of hydrogen-bond donors (Lipinski definition) is 1. The van der Waals surface area contributed by atoms with Gasteiger partial charge in [-0.3, -0.25) is 0 Å². The van der Waals surface area contributed by atoms with Gasteiger partial charge in [0, 0.05) is 0 Å². The fourth-order valence-corrected chi connectivity index (χ4v) is 1.78. The average molecular weight is 201 g/mol. The van der Waals surface area contributed by atoms with Crippen molar-refractivity contribution in [3.63, 3.8) is 0 Å². The second kappa shape index (κ2) is 3.91. The molecule has 0 bridgehead atoms. The lowest BCUT2D eigenvalue weighted by Crippen LogP contribution is -2.13. The monoisotopic (exact) mass is 201 g/mol. The van der Waals surface area contributed by atoms with Crippen molar-refractivity contribution in [3.05, 3.63) is 59.0 Å². The van der Waals surface area contributed by atoms with E-state index in [-0.39, 0.29) is 6.04 Å². The Morgan fingerprint density at radius 3 is 2.40 bits per heavy atom. The third-order valence-electron chi connectivity index (χ3n) is 2.71. The van der Waals surface area contributed by atoms with Crippen molar-refractivity contribution in [2.24, 2.45) is 5.73 Å². The number of hydrogen-bond acceptors (Lipinski definition) is 2. The molecule has 15 heavy (non-hydrogen) atoms. The summed E-state index contributed by atoms with van der Waals surface area (Å²) in [6.45, 7) is 4.07. The van der Waals surface area contributed by atoms with Gasteiger partial charge in [0.15, 0.2) is 0 Å². The average Bonchev–Trinajstić information content (AvgIpc) is 2.64. The number of furan rings is 1. The molecule has 1 atom stereocenters. The topological polar surface area (TPSA) is 39.2 Å². The molecular weight excluding hydrogens is 186 g/mol. The van der Waals surface area contributed by atoms with Crippen LogP contribution in [0.25, 0.3) is 0 Å². The van der Waals surface area contributed by atoms with Crippen molar-refractivity contribution < 1.29 is 4.42 Å². The van der Waals surface area contributed by atoms with Crippen LogP contribution < -0.4 is 5.73 Å². The maximum Gasteiger partial charge on any atom is 0.127 e. The molecule has 1 aromatic heterocycles. The van der Waals surface area contributed by atoms with E-state index in [9.17, 15) is 0 Å². The van der Waals surface area contributed by atoms with E-state index in [1.807, 2.05) is 31.2 Å². The Hall–Kier alpha value is -1.54. The third kappa shape index (κ3) is 1.81. The maximum atomic E-state index is 6.17. The van der Waals surface area contributed by atoms with Gasteiger partial charge in [-0.25, -0.2) is 0 Å². The van der Waals surface area contributed by atoms with Gasteiger partial charge in [-0.1, -0.05) is 24.3 Å². The van der Waals surface area contributed by atoms with Crippen LogP contribution in [0.3, 0.4) is 0 Å². The Morgan fingerprint density at radius 1 is 1.07 bits per heavy atom. The maximum absolute atomic E-state index is 6.17. The molecule has 0 aliphatic rings. The molecule has 0 saturated carbocycles. The van der Waals surface area contributed by atoms with E-state index in [2.05, 4.69) is 13.0 Å². The molecule has 0 spiro atoms. The first-order chi connectivity index (χ1) is 7.20. The highest BCUT2D eigenvalue weighted by molar-refractivity contribution is 5.35. The van der Waals surface area contributed by atoms with E-state index in [0.717, 1.165) is 16.9 Å². The highest BCUT2D eigenvalue weighted by Gasteiger charge is 2.15. The minimum Gasteiger partial charge on any atom is -0.467 e. The van der Waals surface area contributed by atoms with E-state index >= 15 is 0 Å². The molecule has 2 N–H and O–H groups in total. The van der Waals surface area contributed by atoms with Crippen LogP contribution in [-0.2, 0) is 0 Å². The summed E-state index contributed by atoms with van der Waals surface area (Å²) in [6, 6.07) is 9.89. The minimum atomic E-state index is -0.166. The van der Waals surface area contributed by atoms with Crippen molar-refractivity contribution in [2.75, 3.05) is 0 Å². The lowest BCUT2D eigenvalue weighted by atomic mass is 9.99. The molecule has 78 valence electrons. The van der Waals surface area contributed by atoms with Crippen molar-refractivity contribution >= 4 is 0 Å². The van der Waals surface area contributed by atoms with E-state index in [1.54, 1.807) is 6.26 Å². The summed E-state index contributed by atoms with van der Waals surface area (Å²) in [7, 11) is 0. The molecule has 0 radical (unpaired) electrons. The second-order valence-corrected chi connectivity index (χ2v) is 3.80. The summed E-state index contributed by atoms with van der Waals surface area (Å²) in [6.07, 6.45) is 1.68. The molecule has 0 saturated heterocycles. The predicted octanol–water partition coefficient (Wildman–Crippen LogP) is 2.94. The van der Waals surface area contributed by atoms with Crippen LogP contribution in [0.5, 0.6) is 0 Å². The van der Waals surface area contributed by atoms with E-state index < -0.39 is 0 Å². The molecule has 1 heterocycles. The van der Waals surface area contributed by atoms with Gasteiger partial charge in [-0.05, 0) is 36.6 Å². The van der Waals surface area contributed by atoms with Crippen LogP contribution in [0.4, 0.5) is 0 Å². The zero-order valence-corrected chi connectivity index (χ0v) is 9.03. The molecule has 2 rings (SSSR count). The second-order valence-electron chi connectivity index (χ2n) is 3.80. The lowest BCUT2D eigenvalue weighted by molar-refractivity contribution is 0.486. The Morgan fingerprint density at radius 2 is 1.80 bits per heavy atom. The Bertz CT molecular complexity index is 459. The van der Waals surface area contributed by atoms with Crippen LogP contribution in [-0.4, -0.2) is 0 Å². The summed E-state index contributed by atoms with van der Waals surface area (Å²) in [5.74, 6) is 0.851. The zero-order chi connectivity index (χ0) is 10.8. The molecule has 0 aliphatic carbocycles. The molecule has 1 aromatic carbocycles. The van der Waals surface area contributed by atoms with E-state index in [0.29, 0.717) is 0 Å². The Balaban J connectivity index is 2.41. The Kier molecular flexibility index (Phi) is 2.60. The largest absolute Gasteiger partial charge is 0.467 e. The number of nitrogens with two attached hydrogens (primary N) is 1. The van der Waals surface area contributed by atoms with E-state index in [4.69, 9.17) is 10.2 Å². The molecule has 0 aliphatic heterocycles. The number of benzene rings is 1. The van der Waals surface area contributed by atoms with Gasteiger partial charge < -0.3 is 10.2 Å². The van der Waals surface area contributed by atoms with Gasteiger partial charge in [-0.2, -0.15) is 0 Å². The normalized spacial score (nSPS) is 12.7. The standard InChI is InChI=1S/C13H15NO/c1-9-5-3-4-6-11(9)12(14)13-10(2)7-8-15-13/h3-8,12H,14H2,1-2H3. The van der Waals surface area contributed by atoms with Crippen molar-refractivity contribution in [1.29, 1.82) is 0 Å². The molecule has 2 aromatic rings. The lowest BCUT2D eigenvalue weighted by Gasteiger charge is -2.13. The first-order valence-corrected chi connectivity index (χ1v) is 5.05. The molecule has 0 fully saturated rings. The van der Waals surface area contributed by atoms with Gasteiger partial charge >= 0.3 is 0 Å². The summed E-state index contributed by atoms with van der Waals surface area (Å²) < 4.78 is 5.41. The van der Waals surface area contributed by atoms with Gasteiger partial charge in [-0.15, -0.1) is 0 Å². The van der Waals surface area contributed by atoms with Crippen molar-refractivity contribution in [2.45, 2.75) is 19.9 Å². The first-order valence-electron chi connectivity index (χ1n) is 5.05. The van der Waals surface area contributed by atoms with Gasteiger partial charge in [0.2, 0.25) is 0 Å². The van der Waals surface area contributed by atoms with Crippen LogP contribution in [0, 0.1) is 13.8 Å². The van der Waals surface area contributed by atoms with Gasteiger partial charge in [0.1, 0.15) is 5.76 Å². The summed E-state index contributed by atoms with van der Waals surface area (Å²) in [5.41, 5.74) is 9.59. The van der Waals surface area contributed by atoms with Crippen molar-refractivity contribution in [3.8, 4) is 0 Å². The first kappa shape index (κ1) is 9.99. The summed E-state index contributed by atoms with van der Waals surface area (Å²) in [5, 5.41) is 0. The molecule has 0 amide bonds. The highest BCUT2D eigenvalue weighted by Crippen LogP contribution is 2.25. The van der Waals surface area contributed by atoms with Crippen LogP contribution >= 0.6 is 0 Å². The smallest absolute Gasteiger partial charge is 0.127 e. The Labute approximate surface area is 89.7 Å². The van der Waals surface area contributed by atoms with Crippen LogP contribution in [0.1, 0.15) is 28.5 Å². The highest BCUT2D eigenvalue weighted by atomic mass is 16.3. The summed E-state index contributed by atoms with van der Waals surface area (Å²) >= 11 is 0. The SMILES string of the molecule is Cc1ccccc1C(N)c1occc1C. The fourth-order valence-electron chi connectivity index (χ4n) is 1.78. The van der Waals surface area contributed by atoms with Gasteiger partial charge in [0.05, 0.1) is 12.3 Å². The van der Waals surface area contributed by atoms with Gasteiger partial charge in [0.25, 0.3) is 0 Å². The molecule has 2 heteroatoms. The fraction of sp³-hybridized carbons (Fsp3) is 0.231. The van der Waals surface area contributed by atoms with Crippen LogP contribution in [0.2, 0.25) is 0 Å². The predicted molar refractivity (Wildman–Crippen MR) is 60.7 cm³/mol. The van der Waals surface area contributed by atoms with Crippen molar-refractivity contribution in [1.82, 2.24) is 0 Å². The molecular formula is C13H15NO. The van der Waals surface area contributed by atoms with Crippen LogP contribution in [0.15, 0.2) is 41.0 Å².